The Hall–Kier alpha value is -1.25. The molecule has 16 heavy (non-hydrogen) atoms. The molecule has 0 amide bonds. The second kappa shape index (κ2) is 5.19. The number of anilines is 1. The molecule has 0 radical (unpaired) electrons. The number of aromatic nitrogens is 4. The number of nitrogens with two attached hydrogens (primary N) is 1. The van der Waals surface area contributed by atoms with Crippen LogP contribution in [-0.4, -0.2) is 19.6 Å². The van der Waals surface area contributed by atoms with Crippen molar-refractivity contribution in [2.45, 2.75) is 17.8 Å². The second-order valence-electron chi connectivity index (χ2n) is 2.96. The molecule has 0 aliphatic carbocycles. The van der Waals surface area contributed by atoms with E-state index in [4.69, 9.17) is 5.84 Å². The van der Waals surface area contributed by atoms with Gasteiger partial charge in [-0.3, -0.25) is 0 Å². The van der Waals surface area contributed by atoms with Crippen molar-refractivity contribution in [3.05, 3.63) is 23.7 Å². The molecule has 2 aromatic heterocycles. The van der Waals surface area contributed by atoms with Gasteiger partial charge in [-0.1, -0.05) is 16.3 Å². The van der Waals surface area contributed by atoms with Gasteiger partial charge in [-0.15, -0.1) is 5.10 Å². The SMILES string of the molecule is Cc1ccnc(SCc2nnsc2NN)n1. The van der Waals surface area contributed by atoms with Gasteiger partial charge >= 0.3 is 0 Å². The van der Waals surface area contributed by atoms with Crippen LogP contribution in [0.3, 0.4) is 0 Å². The summed E-state index contributed by atoms with van der Waals surface area (Å²) < 4.78 is 3.82. The van der Waals surface area contributed by atoms with Crippen LogP contribution in [0.5, 0.6) is 0 Å². The average Bonchev–Trinajstić information content (AvgIpc) is 2.74. The third kappa shape index (κ3) is 2.65. The summed E-state index contributed by atoms with van der Waals surface area (Å²) in [6.07, 6.45) is 1.74. The normalized spacial score (nSPS) is 10.4. The van der Waals surface area contributed by atoms with Crippen LogP contribution in [0.25, 0.3) is 0 Å². The molecule has 0 aromatic carbocycles. The molecule has 3 N–H and O–H groups in total. The lowest BCUT2D eigenvalue weighted by atomic mass is 10.5. The molecule has 0 spiro atoms. The van der Waals surface area contributed by atoms with E-state index in [-0.39, 0.29) is 0 Å². The number of nitrogens with one attached hydrogen (secondary N) is 1. The number of nitrogen functional groups attached to an aromatic ring is 1. The number of hydrazine groups is 1. The van der Waals surface area contributed by atoms with Gasteiger partial charge < -0.3 is 5.43 Å². The summed E-state index contributed by atoms with van der Waals surface area (Å²) in [7, 11) is 0. The second-order valence-corrected chi connectivity index (χ2v) is 4.66. The van der Waals surface area contributed by atoms with E-state index in [1.54, 1.807) is 6.20 Å². The van der Waals surface area contributed by atoms with E-state index < -0.39 is 0 Å². The molecule has 0 saturated heterocycles. The molecule has 0 atom stereocenters. The fourth-order valence-corrected chi connectivity index (χ4v) is 2.44. The fraction of sp³-hybridized carbons (Fsp3) is 0.250. The highest BCUT2D eigenvalue weighted by molar-refractivity contribution is 7.98. The highest BCUT2D eigenvalue weighted by Gasteiger charge is 2.08. The van der Waals surface area contributed by atoms with Crippen molar-refractivity contribution in [1.29, 1.82) is 0 Å². The fourth-order valence-electron chi connectivity index (χ4n) is 1.04. The Bertz CT molecular complexity index is 471. The maximum Gasteiger partial charge on any atom is 0.188 e. The maximum atomic E-state index is 5.33. The molecule has 8 heteroatoms. The zero-order valence-corrected chi connectivity index (χ0v) is 10.2. The molecule has 0 fully saturated rings. The first-order chi connectivity index (χ1) is 7.79. The van der Waals surface area contributed by atoms with Crippen molar-refractivity contribution >= 4 is 28.3 Å². The van der Waals surface area contributed by atoms with Crippen molar-refractivity contribution in [3.8, 4) is 0 Å². The lowest BCUT2D eigenvalue weighted by Gasteiger charge is -2.00. The summed E-state index contributed by atoms with van der Waals surface area (Å²) in [4.78, 5) is 8.43. The van der Waals surface area contributed by atoms with Gasteiger partial charge in [0.05, 0.1) is 0 Å². The van der Waals surface area contributed by atoms with Gasteiger partial charge in [0.15, 0.2) is 5.16 Å². The van der Waals surface area contributed by atoms with Crippen molar-refractivity contribution in [3.63, 3.8) is 0 Å². The summed E-state index contributed by atoms with van der Waals surface area (Å²) in [6.45, 7) is 1.93. The van der Waals surface area contributed by atoms with Gasteiger partial charge in [-0.2, -0.15) is 0 Å². The van der Waals surface area contributed by atoms with Crippen LogP contribution in [0.2, 0.25) is 0 Å². The molecule has 2 heterocycles. The molecule has 0 saturated carbocycles. The van der Waals surface area contributed by atoms with Gasteiger partial charge in [0.1, 0.15) is 10.7 Å². The molecule has 0 unspecified atom stereocenters. The Balaban J connectivity index is 2.02. The van der Waals surface area contributed by atoms with Gasteiger partial charge in [0.2, 0.25) is 0 Å². The first kappa shape index (κ1) is 11.2. The smallest absolute Gasteiger partial charge is 0.188 e. The van der Waals surface area contributed by atoms with Crippen LogP contribution in [0.1, 0.15) is 11.4 Å². The van der Waals surface area contributed by atoms with Crippen LogP contribution in [0, 0.1) is 6.92 Å². The molecule has 0 bridgehead atoms. The van der Waals surface area contributed by atoms with Crippen LogP contribution < -0.4 is 11.3 Å². The van der Waals surface area contributed by atoms with Gasteiger partial charge in [0, 0.05) is 29.2 Å². The van der Waals surface area contributed by atoms with Gasteiger partial charge in [-0.05, 0) is 13.0 Å². The Kier molecular flexibility index (Phi) is 3.65. The Morgan fingerprint density at radius 1 is 1.56 bits per heavy atom. The molecule has 2 rings (SSSR count). The van der Waals surface area contributed by atoms with Crippen molar-refractivity contribution in [2.24, 2.45) is 5.84 Å². The van der Waals surface area contributed by atoms with E-state index in [0.29, 0.717) is 5.75 Å². The van der Waals surface area contributed by atoms with Crippen LogP contribution >= 0.6 is 23.3 Å². The lowest BCUT2D eigenvalue weighted by Crippen LogP contribution is -2.06. The average molecular weight is 254 g/mol. The van der Waals surface area contributed by atoms with Crippen LogP contribution in [-0.2, 0) is 5.75 Å². The molecule has 6 nitrogen and oxygen atoms in total. The Morgan fingerprint density at radius 2 is 2.44 bits per heavy atom. The van der Waals surface area contributed by atoms with Gasteiger partial charge in [0.25, 0.3) is 0 Å². The Labute approximate surface area is 101 Å². The first-order valence-corrected chi connectivity index (χ1v) is 6.26. The third-order valence-corrected chi connectivity index (χ3v) is 3.37. The molecule has 2 aromatic rings. The summed E-state index contributed by atoms with van der Waals surface area (Å²) in [6, 6.07) is 1.86. The predicted molar refractivity (Wildman–Crippen MR) is 64.0 cm³/mol. The first-order valence-electron chi connectivity index (χ1n) is 4.50. The topological polar surface area (TPSA) is 89.6 Å². The highest BCUT2D eigenvalue weighted by Crippen LogP contribution is 2.24. The third-order valence-electron chi connectivity index (χ3n) is 1.80. The largest absolute Gasteiger partial charge is 0.313 e. The number of nitrogens with zero attached hydrogens (tertiary/aromatic N) is 4. The highest BCUT2D eigenvalue weighted by atomic mass is 32.2. The lowest BCUT2D eigenvalue weighted by molar-refractivity contribution is 0.930. The summed E-state index contributed by atoms with van der Waals surface area (Å²) in [5.74, 6) is 5.98. The zero-order valence-electron chi connectivity index (χ0n) is 8.54. The number of hydrogen-bond acceptors (Lipinski definition) is 8. The number of aryl methyl sites for hydroxylation is 1. The number of hydrogen-bond donors (Lipinski definition) is 2. The maximum absolute atomic E-state index is 5.33. The summed E-state index contributed by atoms with van der Waals surface area (Å²) in [5, 5.41) is 5.48. The van der Waals surface area contributed by atoms with E-state index in [9.17, 15) is 0 Å². The van der Waals surface area contributed by atoms with E-state index in [1.165, 1.54) is 23.3 Å². The van der Waals surface area contributed by atoms with E-state index in [1.807, 2.05) is 13.0 Å². The minimum absolute atomic E-state index is 0.652. The van der Waals surface area contributed by atoms with Crippen LogP contribution in [0.4, 0.5) is 5.00 Å². The predicted octanol–water partition coefficient (Wildman–Crippen LogP) is 1.21. The summed E-state index contributed by atoms with van der Waals surface area (Å²) in [5.41, 5.74) is 4.33. The van der Waals surface area contributed by atoms with Crippen molar-refractivity contribution in [2.75, 3.05) is 5.43 Å². The molecular formula is C8H10N6S2. The number of thioether (sulfide) groups is 1. The minimum atomic E-state index is 0.652. The van der Waals surface area contributed by atoms with E-state index in [0.717, 1.165) is 21.5 Å². The monoisotopic (exact) mass is 254 g/mol. The van der Waals surface area contributed by atoms with E-state index in [2.05, 4.69) is 25.0 Å². The summed E-state index contributed by atoms with van der Waals surface area (Å²) >= 11 is 2.74. The molecule has 0 aliphatic rings. The zero-order chi connectivity index (χ0) is 11.4. The molecule has 0 aliphatic heterocycles. The van der Waals surface area contributed by atoms with E-state index >= 15 is 0 Å². The van der Waals surface area contributed by atoms with Gasteiger partial charge in [-0.25, -0.2) is 15.8 Å². The molecular weight excluding hydrogens is 244 g/mol. The standard InChI is InChI=1S/C8H10N6S2/c1-5-2-3-10-8(11-5)15-4-6-7(12-9)16-14-13-6/h2-3,12H,4,9H2,1H3. The quantitative estimate of drug-likeness (QED) is 0.367. The number of rotatable bonds is 4. The van der Waals surface area contributed by atoms with Crippen molar-refractivity contribution in [1.82, 2.24) is 19.6 Å². The Morgan fingerprint density at radius 3 is 3.19 bits per heavy atom. The van der Waals surface area contributed by atoms with Crippen LogP contribution in [0.15, 0.2) is 17.4 Å². The molecule has 84 valence electrons. The van der Waals surface area contributed by atoms with Crippen molar-refractivity contribution < 1.29 is 0 Å². The minimum Gasteiger partial charge on any atom is -0.313 e.